The molecule has 10 heteroatoms. The van der Waals surface area contributed by atoms with E-state index in [0.29, 0.717) is 15.9 Å². The lowest BCUT2D eigenvalue weighted by Crippen LogP contribution is -2.08. The SMILES string of the molecule is CCOC(=O)c1[nH]c2cc(Cl)cc(Cl)c2c1C=C(C(=O)O)c1ccccc1[N+](=O)[O-]. The van der Waals surface area contributed by atoms with E-state index in [-0.39, 0.29) is 34.0 Å². The van der Waals surface area contributed by atoms with Crippen LogP contribution in [-0.2, 0) is 9.53 Å². The van der Waals surface area contributed by atoms with E-state index in [4.69, 9.17) is 27.9 Å². The molecule has 0 aliphatic rings. The van der Waals surface area contributed by atoms with Gasteiger partial charge in [-0.2, -0.15) is 0 Å². The normalized spacial score (nSPS) is 11.5. The Morgan fingerprint density at radius 2 is 1.97 bits per heavy atom. The number of aromatic amines is 1. The molecular weight excluding hydrogens is 435 g/mol. The molecular formula is C20H14Cl2N2O6. The monoisotopic (exact) mass is 448 g/mol. The lowest BCUT2D eigenvalue weighted by Gasteiger charge is -2.06. The molecule has 0 bridgehead atoms. The van der Waals surface area contributed by atoms with E-state index in [1.165, 1.54) is 36.4 Å². The van der Waals surface area contributed by atoms with Crippen LogP contribution >= 0.6 is 23.2 Å². The summed E-state index contributed by atoms with van der Waals surface area (Å²) >= 11 is 12.3. The topological polar surface area (TPSA) is 123 Å². The number of esters is 1. The second-order valence-corrected chi connectivity index (χ2v) is 6.93. The predicted octanol–water partition coefficient (Wildman–Crippen LogP) is 5.18. The zero-order valence-electron chi connectivity index (χ0n) is 15.4. The molecule has 0 saturated carbocycles. The number of ether oxygens (including phenoxy) is 1. The number of carboxylic acids is 1. The van der Waals surface area contributed by atoms with Gasteiger partial charge < -0.3 is 14.8 Å². The number of hydrogen-bond donors (Lipinski definition) is 2. The molecule has 2 aromatic carbocycles. The lowest BCUT2D eigenvalue weighted by atomic mass is 9.99. The number of para-hydroxylation sites is 1. The molecule has 0 aliphatic heterocycles. The van der Waals surface area contributed by atoms with Crippen LogP contribution in [0.1, 0.15) is 28.5 Å². The minimum absolute atomic E-state index is 0.0478. The molecule has 3 rings (SSSR count). The van der Waals surface area contributed by atoms with Crippen LogP contribution in [0.5, 0.6) is 0 Å². The minimum atomic E-state index is -1.42. The molecule has 0 saturated heterocycles. The van der Waals surface area contributed by atoms with Crippen molar-refractivity contribution >= 4 is 63.4 Å². The molecule has 0 radical (unpaired) electrons. The maximum atomic E-state index is 12.5. The number of halogens is 2. The second kappa shape index (κ2) is 8.56. The molecule has 30 heavy (non-hydrogen) atoms. The summed E-state index contributed by atoms with van der Waals surface area (Å²) in [5.41, 5.74) is -0.440. The molecule has 154 valence electrons. The van der Waals surface area contributed by atoms with Gasteiger partial charge in [-0.3, -0.25) is 10.1 Å². The van der Waals surface area contributed by atoms with Crippen molar-refractivity contribution < 1.29 is 24.4 Å². The summed E-state index contributed by atoms with van der Waals surface area (Å²) in [4.78, 5) is 38.0. The van der Waals surface area contributed by atoms with E-state index in [1.54, 1.807) is 6.92 Å². The summed E-state index contributed by atoms with van der Waals surface area (Å²) in [6.07, 6.45) is 1.16. The summed E-state index contributed by atoms with van der Waals surface area (Å²) in [6.45, 7) is 1.71. The first kappa shape index (κ1) is 21.4. The number of benzene rings is 2. The van der Waals surface area contributed by atoms with Gasteiger partial charge in [-0.25, -0.2) is 9.59 Å². The second-order valence-electron chi connectivity index (χ2n) is 6.08. The smallest absolute Gasteiger partial charge is 0.355 e. The quantitative estimate of drug-likeness (QED) is 0.231. The number of hydrogen-bond acceptors (Lipinski definition) is 5. The fourth-order valence-corrected chi connectivity index (χ4v) is 3.64. The van der Waals surface area contributed by atoms with Crippen molar-refractivity contribution in [2.24, 2.45) is 0 Å². The maximum Gasteiger partial charge on any atom is 0.355 e. The van der Waals surface area contributed by atoms with Crippen LogP contribution in [0.3, 0.4) is 0 Å². The molecule has 1 heterocycles. The highest BCUT2D eigenvalue weighted by atomic mass is 35.5. The Balaban J connectivity index is 2.37. The average Bonchev–Trinajstić information content (AvgIpc) is 3.04. The van der Waals surface area contributed by atoms with Crippen molar-refractivity contribution in [1.29, 1.82) is 0 Å². The zero-order chi connectivity index (χ0) is 22.0. The van der Waals surface area contributed by atoms with Gasteiger partial charge >= 0.3 is 11.9 Å². The molecule has 1 aromatic heterocycles. The number of nitro groups is 1. The van der Waals surface area contributed by atoms with Gasteiger partial charge in [0, 0.05) is 27.6 Å². The molecule has 2 N–H and O–H groups in total. The number of carboxylic acid groups (broad SMARTS) is 1. The van der Waals surface area contributed by atoms with E-state index in [9.17, 15) is 24.8 Å². The van der Waals surface area contributed by atoms with Crippen LogP contribution in [0.25, 0.3) is 22.6 Å². The largest absolute Gasteiger partial charge is 0.478 e. The van der Waals surface area contributed by atoms with Gasteiger partial charge in [-0.1, -0.05) is 35.3 Å². The molecule has 8 nitrogen and oxygen atoms in total. The number of nitrogens with zero attached hydrogens (tertiary/aromatic N) is 1. The molecule has 0 amide bonds. The summed E-state index contributed by atoms with van der Waals surface area (Å²) in [7, 11) is 0. The molecule has 0 atom stereocenters. The fraction of sp³-hybridized carbons (Fsp3) is 0.100. The van der Waals surface area contributed by atoms with E-state index in [1.807, 2.05) is 0 Å². The first-order valence-electron chi connectivity index (χ1n) is 8.61. The first-order valence-corrected chi connectivity index (χ1v) is 9.36. The van der Waals surface area contributed by atoms with Crippen molar-refractivity contribution in [1.82, 2.24) is 4.98 Å². The van der Waals surface area contributed by atoms with Gasteiger partial charge in [0.05, 0.1) is 27.7 Å². The standard InChI is InChI=1S/C20H14Cl2N2O6/c1-2-30-20(27)18-13(17-14(22)7-10(21)8-15(17)23-18)9-12(19(25)26)11-5-3-4-6-16(11)24(28)29/h3-9,23H,2H2,1H3,(H,25,26). The maximum absolute atomic E-state index is 12.5. The van der Waals surface area contributed by atoms with Gasteiger partial charge in [0.15, 0.2) is 0 Å². The Labute approximate surface area is 179 Å². The summed E-state index contributed by atoms with van der Waals surface area (Å²) in [6, 6.07) is 8.38. The highest BCUT2D eigenvalue weighted by Crippen LogP contribution is 2.36. The lowest BCUT2D eigenvalue weighted by molar-refractivity contribution is -0.385. The Bertz CT molecular complexity index is 1220. The number of nitro benzene ring substituents is 1. The van der Waals surface area contributed by atoms with E-state index < -0.39 is 22.5 Å². The number of rotatable bonds is 6. The number of carbonyl (C=O) groups excluding carboxylic acids is 1. The van der Waals surface area contributed by atoms with Gasteiger partial charge in [0.1, 0.15) is 5.69 Å². The third-order valence-corrected chi connectivity index (χ3v) is 4.76. The molecule has 3 aromatic rings. The molecule has 0 aliphatic carbocycles. The average molecular weight is 449 g/mol. The predicted molar refractivity (Wildman–Crippen MR) is 113 cm³/mol. The van der Waals surface area contributed by atoms with Crippen molar-refractivity contribution in [2.45, 2.75) is 6.92 Å². The van der Waals surface area contributed by atoms with Crippen molar-refractivity contribution in [2.75, 3.05) is 6.61 Å². The van der Waals surface area contributed by atoms with E-state index >= 15 is 0 Å². The van der Waals surface area contributed by atoms with Crippen LogP contribution in [-0.4, -0.2) is 33.6 Å². The fourth-order valence-electron chi connectivity index (χ4n) is 3.04. The highest BCUT2D eigenvalue weighted by Gasteiger charge is 2.25. The van der Waals surface area contributed by atoms with Crippen molar-refractivity contribution in [3.05, 3.63) is 73.4 Å². The minimum Gasteiger partial charge on any atom is -0.478 e. The summed E-state index contributed by atoms with van der Waals surface area (Å²) in [5, 5.41) is 22.0. The number of aliphatic carboxylic acids is 1. The van der Waals surface area contributed by atoms with Crippen molar-refractivity contribution in [3.8, 4) is 0 Å². The van der Waals surface area contributed by atoms with E-state index in [0.717, 1.165) is 6.08 Å². The van der Waals surface area contributed by atoms with Crippen molar-refractivity contribution in [3.63, 3.8) is 0 Å². The highest BCUT2D eigenvalue weighted by molar-refractivity contribution is 6.39. The van der Waals surface area contributed by atoms with Gasteiger partial charge in [-0.05, 0) is 31.2 Å². The number of nitrogens with one attached hydrogen (secondary N) is 1. The first-order chi connectivity index (χ1) is 14.2. The van der Waals surface area contributed by atoms with Crippen LogP contribution in [0, 0.1) is 10.1 Å². The number of carbonyl (C=O) groups is 2. The molecule has 0 unspecified atom stereocenters. The molecule has 0 fully saturated rings. The number of fused-ring (bicyclic) bond motifs is 1. The summed E-state index contributed by atoms with van der Waals surface area (Å²) < 4.78 is 5.05. The van der Waals surface area contributed by atoms with Crippen LogP contribution in [0.15, 0.2) is 36.4 Å². The zero-order valence-corrected chi connectivity index (χ0v) is 17.0. The summed E-state index contributed by atoms with van der Waals surface area (Å²) in [5.74, 6) is -2.15. The number of aromatic nitrogens is 1. The number of H-pyrrole nitrogens is 1. The Hall–Kier alpha value is -3.36. The third-order valence-electron chi connectivity index (χ3n) is 4.24. The van der Waals surface area contributed by atoms with Crippen LogP contribution in [0.4, 0.5) is 5.69 Å². The van der Waals surface area contributed by atoms with Crippen LogP contribution in [0.2, 0.25) is 10.0 Å². The molecule has 0 spiro atoms. The Morgan fingerprint density at radius 3 is 2.60 bits per heavy atom. The van der Waals surface area contributed by atoms with E-state index in [2.05, 4.69) is 4.98 Å². The van der Waals surface area contributed by atoms with Gasteiger partial charge in [0.2, 0.25) is 0 Å². The van der Waals surface area contributed by atoms with Gasteiger partial charge in [-0.15, -0.1) is 0 Å². The Morgan fingerprint density at radius 1 is 1.27 bits per heavy atom. The third kappa shape index (κ3) is 4.00. The van der Waals surface area contributed by atoms with Gasteiger partial charge in [0.25, 0.3) is 5.69 Å². The Kier molecular flexibility index (Phi) is 6.09. The van der Waals surface area contributed by atoms with Crippen LogP contribution < -0.4 is 0 Å².